The van der Waals surface area contributed by atoms with Crippen molar-refractivity contribution in [2.24, 2.45) is 0 Å². The molecular weight excluding hydrogens is 276 g/mol. The van der Waals surface area contributed by atoms with Gasteiger partial charge in [0, 0.05) is 26.7 Å². The number of hydrogen-bond acceptors (Lipinski definition) is 5. The standard InChI is InChI=1S/C13H20N4O2S/c1-18-7-4-14-13(20)16-11-2-3-12(15-10-11)17-5-8-19-9-6-17/h2-3,10H,4-9H2,1H3,(H2,14,16,20). The molecule has 0 unspecified atom stereocenters. The maximum Gasteiger partial charge on any atom is 0.170 e. The second-order valence-electron chi connectivity index (χ2n) is 4.38. The molecule has 1 fully saturated rings. The van der Waals surface area contributed by atoms with E-state index in [-0.39, 0.29) is 0 Å². The van der Waals surface area contributed by atoms with Gasteiger partial charge in [0.1, 0.15) is 5.82 Å². The quantitative estimate of drug-likeness (QED) is 0.617. The molecule has 2 rings (SSSR count). The van der Waals surface area contributed by atoms with E-state index in [9.17, 15) is 0 Å². The average molecular weight is 296 g/mol. The van der Waals surface area contributed by atoms with Crippen LogP contribution in [0.15, 0.2) is 18.3 Å². The lowest BCUT2D eigenvalue weighted by atomic mass is 10.3. The van der Waals surface area contributed by atoms with Crippen molar-refractivity contribution in [3.63, 3.8) is 0 Å². The van der Waals surface area contributed by atoms with Crippen LogP contribution in [0.4, 0.5) is 11.5 Å². The molecule has 1 aliphatic heterocycles. The van der Waals surface area contributed by atoms with Gasteiger partial charge in [-0.1, -0.05) is 0 Å². The van der Waals surface area contributed by atoms with E-state index < -0.39 is 0 Å². The summed E-state index contributed by atoms with van der Waals surface area (Å²) >= 11 is 5.17. The summed E-state index contributed by atoms with van der Waals surface area (Å²) in [7, 11) is 1.66. The molecule has 2 heterocycles. The number of nitrogens with zero attached hydrogens (tertiary/aromatic N) is 2. The molecule has 2 N–H and O–H groups in total. The minimum absolute atomic E-state index is 0.572. The van der Waals surface area contributed by atoms with Crippen LogP contribution in [-0.2, 0) is 9.47 Å². The zero-order valence-electron chi connectivity index (χ0n) is 11.6. The molecule has 1 aliphatic rings. The molecule has 1 aromatic rings. The molecule has 1 aromatic heterocycles. The lowest BCUT2D eigenvalue weighted by molar-refractivity contribution is 0.122. The molecule has 110 valence electrons. The first-order valence-corrected chi connectivity index (χ1v) is 7.03. The fourth-order valence-corrected chi connectivity index (χ4v) is 2.10. The van der Waals surface area contributed by atoms with Gasteiger partial charge in [-0.3, -0.25) is 0 Å². The van der Waals surface area contributed by atoms with Gasteiger partial charge in [-0.05, 0) is 24.4 Å². The van der Waals surface area contributed by atoms with E-state index in [1.807, 2.05) is 12.1 Å². The van der Waals surface area contributed by atoms with Crippen molar-refractivity contribution < 1.29 is 9.47 Å². The summed E-state index contributed by atoms with van der Waals surface area (Å²) < 4.78 is 10.3. The molecule has 1 saturated heterocycles. The molecule has 0 aromatic carbocycles. The average Bonchev–Trinajstić information content (AvgIpc) is 2.49. The summed E-state index contributed by atoms with van der Waals surface area (Å²) in [5, 5.41) is 6.71. The minimum atomic E-state index is 0.572. The molecule has 20 heavy (non-hydrogen) atoms. The smallest absolute Gasteiger partial charge is 0.170 e. The summed E-state index contributed by atoms with van der Waals surface area (Å²) in [4.78, 5) is 6.66. The number of anilines is 2. The monoisotopic (exact) mass is 296 g/mol. The number of hydrogen-bond donors (Lipinski definition) is 2. The highest BCUT2D eigenvalue weighted by Gasteiger charge is 2.11. The number of pyridine rings is 1. The first kappa shape index (κ1) is 15.0. The zero-order chi connectivity index (χ0) is 14.2. The Bertz CT molecular complexity index is 421. The highest BCUT2D eigenvalue weighted by molar-refractivity contribution is 7.80. The minimum Gasteiger partial charge on any atom is -0.383 e. The summed E-state index contributed by atoms with van der Waals surface area (Å²) in [6, 6.07) is 3.97. The van der Waals surface area contributed by atoms with Crippen LogP contribution < -0.4 is 15.5 Å². The third-order valence-corrected chi connectivity index (χ3v) is 3.18. The van der Waals surface area contributed by atoms with Gasteiger partial charge in [0.05, 0.1) is 31.7 Å². The second-order valence-corrected chi connectivity index (χ2v) is 4.79. The van der Waals surface area contributed by atoms with E-state index in [1.165, 1.54) is 0 Å². The predicted octanol–water partition coefficient (Wildman–Crippen LogP) is 0.851. The van der Waals surface area contributed by atoms with E-state index in [0.29, 0.717) is 18.3 Å². The number of aromatic nitrogens is 1. The van der Waals surface area contributed by atoms with Crippen molar-refractivity contribution in [3.05, 3.63) is 18.3 Å². The number of methoxy groups -OCH3 is 1. The van der Waals surface area contributed by atoms with Crippen LogP contribution in [0.2, 0.25) is 0 Å². The van der Waals surface area contributed by atoms with Gasteiger partial charge in [0.15, 0.2) is 5.11 Å². The number of thiocarbonyl (C=S) groups is 1. The number of rotatable bonds is 5. The van der Waals surface area contributed by atoms with Crippen molar-refractivity contribution in [2.45, 2.75) is 0 Å². The van der Waals surface area contributed by atoms with Crippen molar-refractivity contribution in [1.82, 2.24) is 10.3 Å². The molecule has 0 aliphatic carbocycles. The van der Waals surface area contributed by atoms with Crippen LogP contribution in [0.25, 0.3) is 0 Å². The third kappa shape index (κ3) is 4.59. The van der Waals surface area contributed by atoms with Gasteiger partial charge >= 0.3 is 0 Å². The zero-order valence-corrected chi connectivity index (χ0v) is 12.4. The first-order valence-electron chi connectivity index (χ1n) is 6.62. The maximum atomic E-state index is 5.33. The Labute approximate surface area is 124 Å². The van der Waals surface area contributed by atoms with Gasteiger partial charge in [0.2, 0.25) is 0 Å². The lowest BCUT2D eigenvalue weighted by Crippen LogP contribution is -2.36. The number of morpholine rings is 1. The van der Waals surface area contributed by atoms with Crippen LogP contribution in [-0.4, -0.2) is 56.7 Å². The fourth-order valence-electron chi connectivity index (χ4n) is 1.88. The summed E-state index contributed by atoms with van der Waals surface area (Å²) in [6.07, 6.45) is 1.79. The van der Waals surface area contributed by atoms with Crippen molar-refractivity contribution in [2.75, 3.05) is 56.8 Å². The number of ether oxygens (including phenoxy) is 2. The lowest BCUT2D eigenvalue weighted by Gasteiger charge is -2.27. The van der Waals surface area contributed by atoms with Crippen LogP contribution in [0.3, 0.4) is 0 Å². The van der Waals surface area contributed by atoms with Gasteiger partial charge in [-0.15, -0.1) is 0 Å². The summed E-state index contributed by atoms with van der Waals surface area (Å²) in [6.45, 7) is 4.59. The van der Waals surface area contributed by atoms with Crippen LogP contribution in [0.5, 0.6) is 0 Å². The SMILES string of the molecule is COCCNC(=S)Nc1ccc(N2CCOCC2)nc1. The largest absolute Gasteiger partial charge is 0.383 e. The molecule has 0 saturated carbocycles. The van der Waals surface area contributed by atoms with E-state index in [4.69, 9.17) is 21.7 Å². The number of nitrogens with one attached hydrogen (secondary N) is 2. The maximum absolute atomic E-state index is 5.33. The second kappa shape index (κ2) is 7.98. The van der Waals surface area contributed by atoms with Gasteiger partial charge < -0.3 is 25.0 Å². The van der Waals surface area contributed by atoms with E-state index >= 15 is 0 Å². The fraction of sp³-hybridized carbons (Fsp3) is 0.538. The molecular formula is C13H20N4O2S. The van der Waals surface area contributed by atoms with Gasteiger partial charge in [-0.25, -0.2) is 4.98 Å². The van der Waals surface area contributed by atoms with Gasteiger partial charge in [-0.2, -0.15) is 0 Å². The molecule has 0 radical (unpaired) electrons. The van der Waals surface area contributed by atoms with Crippen molar-refractivity contribution in [1.29, 1.82) is 0 Å². The van der Waals surface area contributed by atoms with Crippen LogP contribution in [0, 0.1) is 0 Å². The highest BCUT2D eigenvalue weighted by Crippen LogP contribution is 2.15. The summed E-state index contributed by atoms with van der Waals surface area (Å²) in [5.74, 6) is 0.970. The Balaban J connectivity index is 1.83. The highest BCUT2D eigenvalue weighted by atomic mass is 32.1. The normalized spacial score (nSPS) is 14.9. The Morgan fingerprint density at radius 3 is 2.90 bits per heavy atom. The Kier molecular flexibility index (Phi) is 5.97. The molecule has 0 bridgehead atoms. The summed E-state index contributed by atoms with van der Waals surface area (Å²) in [5.41, 5.74) is 0.872. The van der Waals surface area contributed by atoms with E-state index in [1.54, 1.807) is 13.3 Å². The van der Waals surface area contributed by atoms with Crippen molar-refractivity contribution >= 4 is 28.8 Å². The Morgan fingerprint density at radius 2 is 2.25 bits per heavy atom. The molecule has 0 spiro atoms. The predicted molar refractivity (Wildman–Crippen MR) is 83.4 cm³/mol. The van der Waals surface area contributed by atoms with Crippen molar-refractivity contribution in [3.8, 4) is 0 Å². The van der Waals surface area contributed by atoms with Crippen LogP contribution in [0.1, 0.15) is 0 Å². The third-order valence-electron chi connectivity index (χ3n) is 2.93. The molecule has 0 atom stereocenters. The molecule has 0 amide bonds. The van der Waals surface area contributed by atoms with E-state index in [2.05, 4.69) is 20.5 Å². The Hall–Kier alpha value is -1.44. The van der Waals surface area contributed by atoms with Crippen LogP contribution >= 0.6 is 12.2 Å². The van der Waals surface area contributed by atoms with Gasteiger partial charge in [0.25, 0.3) is 0 Å². The molecule has 7 heteroatoms. The molecule has 6 nitrogen and oxygen atoms in total. The Morgan fingerprint density at radius 1 is 1.45 bits per heavy atom. The van der Waals surface area contributed by atoms with E-state index in [0.717, 1.165) is 37.8 Å². The topological polar surface area (TPSA) is 58.7 Å². The first-order chi connectivity index (χ1) is 9.79.